The fourth-order valence-corrected chi connectivity index (χ4v) is 4.00. The Balaban J connectivity index is 1.65. The minimum absolute atomic E-state index is 0.00131. The van der Waals surface area contributed by atoms with Crippen molar-refractivity contribution in [1.29, 1.82) is 0 Å². The fourth-order valence-electron chi connectivity index (χ4n) is 3.11. The summed E-state index contributed by atoms with van der Waals surface area (Å²) in [4.78, 5) is 15.9. The Labute approximate surface area is 117 Å². The van der Waals surface area contributed by atoms with Gasteiger partial charge in [0.2, 0.25) is 5.91 Å². The Morgan fingerprint density at radius 3 is 3.11 bits per heavy atom. The molecule has 1 aliphatic heterocycles. The van der Waals surface area contributed by atoms with Gasteiger partial charge < -0.3 is 15.7 Å². The first kappa shape index (κ1) is 13.1. The third-order valence-electron chi connectivity index (χ3n) is 4.33. The summed E-state index contributed by atoms with van der Waals surface area (Å²) in [5, 5.41) is 11.7. The van der Waals surface area contributed by atoms with E-state index in [9.17, 15) is 9.90 Å². The molecule has 0 spiro atoms. The fraction of sp³-hybridized carbons (Fsp3) is 0.643. The smallest absolute Gasteiger partial charge is 0.226 e. The molecule has 1 aromatic heterocycles. The highest BCUT2D eigenvalue weighted by Crippen LogP contribution is 2.29. The summed E-state index contributed by atoms with van der Waals surface area (Å²) >= 11 is 1.78. The molecule has 1 amide bonds. The number of rotatable bonds is 1. The zero-order chi connectivity index (χ0) is 13.4. The van der Waals surface area contributed by atoms with Crippen LogP contribution in [0.3, 0.4) is 0 Å². The highest BCUT2D eigenvalue weighted by molar-refractivity contribution is 7.10. The molecule has 3 rings (SSSR count). The van der Waals surface area contributed by atoms with Crippen LogP contribution in [-0.2, 0) is 17.8 Å². The van der Waals surface area contributed by atoms with E-state index >= 15 is 0 Å². The standard InChI is InChI=1S/C14H20N2O2S/c15-11-7-9(1-2-12(11)17)14(18)16-5-3-13-10(8-16)4-6-19-13/h4,6,9,11-12,17H,1-3,5,7-8,15H2/t9-,11+,12+/m0/s1. The number of hydrogen-bond donors (Lipinski definition) is 2. The lowest BCUT2D eigenvalue weighted by Gasteiger charge is -2.35. The maximum atomic E-state index is 12.5. The van der Waals surface area contributed by atoms with E-state index in [0.29, 0.717) is 12.8 Å². The molecule has 4 nitrogen and oxygen atoms in total. The van der Waals surface area contributed by atoms with Crippen LogP contribution in [0, 0.1) is 5.92 Å². The van der Waals surface area contributed by atoms with E-state index in [2.05, 4.69) is 11.4 Å². The Morgan fingerprint density at radius 2 is 2.32 bits per heavy atom. The van der Waals surface area contributed by atoms with Gasteiger partial charge in [0, 0.05) is 29.9 Å². The van der Waals surface area contributed by atoms with Gasteiger partial charge in [-0.25, -0.2) is 0 Å². The molecular weight excluding hydrogens is 260 g/mol. The number of aliphatic hydroxyl groups is 1. The van der Waals surface area contributed by atoms with Gasteiger partial charge >= 0.3 is 0 Å². The van der Waals surface area contributed by atoms with Gasteiger partial charge in [-0.15, -0.1) is 11.3 Å². The first-order valence-corrected chi connectivity index (χ1v) is 7.81. The maximum Gasteiger partial charge on any atom is 0.226 e. The van der Waals surface area contributed by atoms with Crippen molar-refractivity contribution in [3.8, 4) is 0 Å². The summed E-state index contributed by atoms with van der Waals surface area (Å²) in [5.74, 6) is 0.220. The van der Waals surface area contributed by atoms with E-state index in [0.717, 1.165) is 25.9 Å². The zero-order valence-electron chi connectivity index (χ0n) is 10.9. The lowest BCUT2D eigenvalue weighted by molar-refractivity contribution is -0.138. The average molecular weight is 280 g/mol. The molecule has 3 atom stereocenters. The summed E-state index contributed by atoms with van der Waals surface area (Å²) in [6, 6.07) is 1.87. The number of carbonyl (C=O) groups is 1. The topological polar surface area (TPSA) is 66.6 Å². The number of amides is 1. The minimum Gasteiger partial charge on any atom is -0.392 e. The number of aliphatic hydroxyl groups excluding tert-OH is 1. The van der Waals surface area contributed by atoms with Crippen LogP contribution >= 0.6 is 11.3 Å². The van der Waals surface area contributed by atoms with Crippen molar-refractivity contribution in [3.05, 3.63) is 21.9 Å². The summed E-state index contributed by atoms with van der Waals surface area (Å²) in [7, 11) is 0. The van der Waals surface area contributed by atoms with Gasteiger partial charge in [0.15, 0.2) is 0 Å². The molecule has 0 saturated heterocycles. The molecule has 1 saturated carbocycles. The normalized spacial score (nSPS) is 31.1. The van der Waals surface area contributed by atoms with Crippen LogP contribution in [0.1, 0.15) is 29.7 Å². The Hall–Kier alpha value is -0.910. The van der Waals surface area contributed by atoms with E-state index in [-0.39, 0.29) is 17.9 Å². The molecule has 104 valence electrons. The highest BCUT2D eigenvalue weighted by atomic mass is 32.1. The molecule has 0 radical (unpaired) electrons. The van der Waals surface area contributed by atoms with Crippen LogP contribution in [0.25, 0.3) is 0 Å². The molecule has 1 aromatic rings. The van der Waals surface area contributed by atoms with Gasteiger partial charge in [-0.2, -0.15) is 0 Å². The number of fused-ring (bicyclic) bond motifs is 1. The molecule has 5 heteroatoms. The molecule has 2 heterocycles. The van der Waals surface area contributed by atoms with Crippen molar-refractivity contribution in [2.75, 3.05) is 6.54 Å². The van der Waals surface area contributed by atoms with Crippen molar-refractivity contribution in [2.45, 2.75) is 44.4 Å². The second-order valence-corrected chi connectivity index (χ2v) is 6.62. The van der Waals surface area contributed by atoms with E-state index in [1.165, 1.54) is 10.4 Å². The highest BCUT2D eigenvalue weighted by Gasteiger charge is 2.34. The Morgan fingerprint density at radius 1 is 1.47 bits per heavy atom. The SMILES string of the molecule is N[C@@H]1C[C@@H](C(=O)N2CCc3sccc3C2)CC[C@H]1O. The number of carbonyl (C=O) groups excluding carboxylic acids is 1. The van der Waals surface area contributed by atoms with Crippen LogP contribution in [0.5, 0.6) is 0 Å². The van der Waals surface area contributed by atoms with Crippen molar-refractivity contribution in [2.24, 2.45) is 11.7 Å². The molecule has 2 aliphatic rings. The first-order valence-electron chi connectivity index (χ1n) is 6.93. The summed E-state index contributed by atoms with van der Waals surface area (Å²) in [6.07, 6.45) is 2.57. The number of nitrogens with zero attached hydrogens (tertiary/aromatic N) is 1. The summed E-state index contributed by atoms with van der Waals surface area (Å²) in [6.45, 7) is 1.56. The number of thiophene rings is 1. The van der Waals surface area contributed by atoms with Crippen molar-refractivity contribution < 1.29 is 9.90 Å². The lowest BCUT2D eigenvalue weighted by Crippen LogP contribution is -2.46. The van der Waals surface area contributed by atoms with Gasteiger partial charge in [0.05, 0.1) is 6.10 Å². The van der Waals surface area contributed by atoms with Gasteiger partial charge in [-0.1, -0.05) is 0 Å². The van der Waals surface area contributed by atoms with Crippen LogP contribution < -0.4 is 5.73 Å². The van der Waals surface area contributed by atoms with Crippen LogP contribution in [0.2, 0.25) is 0 Å². The van der Waals surface area contributed by atoms with E-state index in [1.807, 2.05) is 4.90 Å². The summed E-state index contributed by atoms with van der Waals surface area (Å²) < 4.78 is 0. The Bertz CT molecular complexity index is 474. The van der Waals surface area contributed by atoms with Gasteiger partial charge in [-0.05, 0) is 42.7 Å². The molecule has 1 fully saturated rings. The monoisotopic (exact) mass is 280 g/mol. The number of nitrogens with two attached hydrogens (primary N) is 1. The molecule has 0 bridgehead atoms. The second-order valence-electron chi connectivity index (χ2n) is 5.62. The van der Waals surface area contributed by atoms with Gasteiger partial charge in [0.1, 0.15) is 0 Å². The second kappa shape index (κ2) is 5.23. The van der Waals surface area contributed by atoms with E-state index in [1.54, 1.807) is 11.3 Å². The van der Waals surface area contributed by atoms with Crippen molar-refractivity contribution >= 4 is 17.2 Å². The third kappa shape index (κ3) is 2.55. The number of hydrogen-bond acceptors (Lipinski definition) is 4. The van der Waals surface area contributed by atoms with Crippen molar-refractivity contribution in [1.82, 2.24) is 4.90 Å². The van der Waals surface area contributed by atoms with E-state index in [4.69, 9.17) is 5.73 Å². The minimum atomic E-state index is -0.436. The summed E-state index contributed by atoms with van der Waals surface area (Å²) in [5.41, 5.74) is 7.17. The van der Waals surface area contributed by atoms with E-state index < -0.39 is 6.10 Å². The predicted octanol–water partition coefficient (Wildman–Crippen LogP) is 1.12. The Kier molecular flexibility index (Phi) is 3.60. The maximum absolute atomic E-state index is 12.5. The van der Waals surface area contributed by atoms with Crippen LogP contribution in [0.15, 0.2) is 11.4 Å². The lowest BCUT2D eigenvalue weighted by atomic mass is 9.83. The zero-order valence-corrected chi connectivity index (χ0v) is 11.7. The first-order chi connectivity index (χ1) is 9.15. The molecule has 3 N–H and O–H groups in total. The largest absolute Gasteiger partial charge is 0.392 e. The molecular formula is C14H20N2O2S. The van der Waals surface area contributed by atoms with Crippen LogP contribution in [-0.4, -0.2) is 34.6 Å². The van der Waals surface area contributed by atoms with Crippen LogP contribution in [0.4, 0.5) is 0 Å². The van der Waals surface area contributed by atoms with Gasteiger partial charge in [-0.3, -0.25) is 4.79 Å². The molecule has 0 unspecified atom stereocenters. The molecule has 1 aliphatic carbocycles. The molecule has 19 heavy (non-hydrogen) atoms. The molecule has 0 aromatic carbocycles. The van der Waals surface area contributed by atoms with Crippen molar-refractivity contribution in [3.63, 3.8) is 0 Å². The van der Waals surface area contributed by atoms with Gasteiger partial charge in [0.25, 0.3) is 0 Å². The third-order valence-corrected chi connectivity index (χ3v) is 5.35. The quantitative estimate of drug-likeness (QED) is 0.810. The predicted molar refractivity (Wildman–Crippen MR) is 74.8 cm³/mol. The average Bonchev–Trinajstić information content (AvgIpc) is 2.88.